The maximum Gasteiger partial charge on any atom is 0.264 e. The quantitative estimate of drug-likeness (QED) is 0.603. The van der Waals surface area contributed by atoms with Crippen molar-refractivity contribution in [1.82, 2.24) is 14.8 Å². The third kappa shape index (κ3) is 4.72. The Kier molecular flexibility index (Phi) is 6.03. The summed E-state index contributed by atoms with van der Waals surface area (Å²) in [5.41, 5.74) is 1.40. The molecule has 0 radical (unpaired) electrons. The van der Waals surface area contributed by atoms with Crippen molar-refractivity contribution in [3.63, 3.8) is 0 Å². The molecule has 1 aliphatic carbocycles. The number of nitrogens with one attached hydrogen (secondary N) is 1. The first-order valence-electron chi connectivity index (χ1n) is 11.5. The van der Waals surface area contributed by atoms with Crippen LogP contribution in [0.25, 0.3) is 10.9 Å². The van der Waals surface area contributed by atoms with Crippen LogP contribution < -0.4 is 4.72 Å². The number of hydrogen-bond acceptors (Lipinski definition) is 5. The van der Waals surface area contributed by atoms with Crippen molar-refractivity contribution >= 4 is 32.5 Å². The van der Waals surface area contributed by atoms with Crippen molar-refractivity contribution in [1.29, 1.82) is 0 Å². The summed E-state index contributed by atoms with van der Waals surface area (Å²) in [5.74, 6) is 0.833. The molecule has 0 atom stereocenters. The summed E-state index contributed by atoms with van der Waals surface area (Å²) in [5, 5.41) is 0.758. The number of carbonyl (C=O) groups is 1. The molecular formula is C25H28N4O3S. The fourth-order valence-electron chi connectivity index (χ4n) is 4.54. The highest BCUT2D eigenvalue weighted by Gasteiger charge is 2.26. The topological polar surface area (TPSA) is 82.6 Å². The van der Waals surface area contributed by atoms with Gasteiger partial charge in [-0.25, -0.2) is 8.42 Å². The maximum atomic E-state index is 13.0. The van der Waals surface area contributed by atoms with E-state index in [-0.39, 0.29) is 10.8 Å². The molecule has 172 valence electrons. The van der Waals surface area contributed by atoms with E-state index in [2.05, 4.69) is 14.6 Å². The van der Waals surface area contributed by atoms with Crippen LogP contribution in [0, 0.1) is 5.92 Å². The summed E-state index contributed by atoms with van der Waals surface area (Å²) in [6.07, 6.45) is 5.61. The number of carbonyl (C=O) groups excluding carboxylic acids is 1. The molecule has 7 nitrogen and oxygen atoms in total. The lowest BCUT2D eigenvalue weighted by atomic mass is 9.85. The van der Waals surface area contributed by atoms with E-state index in [1.807, 2.05) is 17.0 Å². The Hall–Kier alpha value is -2.97. The lowest BCUT2D eigenvalue weighted by Gasteiger charge is -2.38. The van der Waals surface area contributed by atoms with E-state index >= 15 is 0 Å². The predicted octanol–water partition coefficient (Wildman–Crippen LogP) is 3.59. The van der Waals surface area contributed by atoms with Crippen molar-refractivity contribution in [3.8, 4) is 0 Å². The molecule has 1 saturated heterocycles. The van der Waals surface area contributed by atoms with Gasteiger partial charge in [-0.2, -0.15) is 0 Å². The number of para-hydroxylation sites is 1. The van der Waals surface area contributed by atoms with Crippen LogP contribution in [-0.4, -0.2) is 61.8 Å². The van der Waals surface area contributed by atoms with Crippen LogP contribution >= 0.6 is 0 Å². The zero-order valence-corrected chi connectivity index (χ0v) is 19.3. The van der Waals surface area contributed by atoms with Gasteiger partial charge in [0, 0.05) is 55.6 Å². The van der Waals surface area contributed by atoms with E-state index in [0.29, 0.717) is 16.8 Å². The van der Waals surface area contributed by atoms with E-state index < -0.39 is 10.0 Å². The highest BCUT2D eigenvalue weighted by atomic mass is 32.2. The van der Waals surface area contributed by atoms with Crippen LogP contribution in [0.1, 0.15) is 29.6 Å². The normalized spacial score (nSPS) is 17.6. The van der Waals surface area contributed by atoms with Gasteiger partial charge in [-0.3, -0.25) is 19.4 Å². The SMILES string of the molecule is O=C(c1ccc(NS(=O)(=O)c2cccc3cccnc23)cc1)N1CCN(CC2CCC2)CC1. The molecule has 1 N–H and O–H groups in total. The minimum Gasteiger partial charge on any atom is -0.336 e. The van der Waals surface area contributed by atoms with Crippen molar-refractivity contribution in [3.05, 3.63) is 66.4 Å². The van der Waals surface area contributed by atoms with Crippen molar-refractivity contribution < 1.29 is 13.2 Å². The number of aromatic nitrogens is 1. The number of pyridine rings is 1. The molecule has 3 aromatic rings. The summed E-state index contributed by atoms with van der Waals surface area (Å²) >= 11 is 0. The fraction of sp³-hybridized carbons (Fsp3) is 0.360. The number of fused-ring (bicyclic) bond motifs is 1. The Morgan fingerprint density at radius 3 is 2.39 bits per heavy atom. The Morgan fingerprint density at radius 2 is 1.70 bits per heavy atom. The van der Waals surface area contributed by atoms with Crippen molar-refractivity contribution in [2.45, 2.75) is 24.2 Å². The monoisotopic (exact) mass is 464 g/mol. The number of nitrogens with zero attached hydrogens (tertiary/aromatic N) is 3. The number of amides is 1. The highest BCUT2D eigenvalue weighted by molar-refractivity contribution is 7.93. The number of hydrogen-bond donors (Lipinski definition) is 1. The highest BCUT2D eigenvalue weighted by Crippen LogP contribution is 2.27. The van der Waals surface area contributed by atoms with Gasteiger partial charge >= 0.3 is 0 Å². The molecule has 8 heteroatoms. The number of sulfonamides is 1. The van der Waals surface area contributed by atoms with E-state index in [1.54, 1.807) is 48.7 Å². The van der Waals surface area contributed by atoms with Gasteiger partial charge in [-0.15, -0.1) is 0 Å². The molecule has 0 spiro atoms. The molecule has 2 heterocycles. The second-order valence-electron chi connectivity index (χ2n) is 8.90. The fourth-order valence-corrected chi connectivity index (χ4v) is 5.78. The second-order valence-corrected chi connectivity index (χ2v) is 10.6. The zero-order chi connectivity index (χ0) is 22.8. The van der Waals surface area contributed by atoms with E-state index in [9.17, 15) is 13.2 Å². The van der Waals surface area contributed by atoms with Gasteiger partial charge in [0.25, 0.3) is 15.9 Å². The summed E-state index contributed by atoms with van der Waals surface area (Å²) in [4.78, 5) is 21.6. The van der Waals surface area contributed by atoms with Crippen LogP contribution in [0.15, 0.2) is 65.7 Å². The summed E-state index contributed by atoms with van der Waals surface area (Å²) in [6, 6.07) is 15.3. The largest absolute Gasteiger partial charge is 0.336 e. The number of piperazine rings is 1. The van der Waals surface area contributed by atoms with Crippen molar-refractivity contribution in [2.24, 2.45) is 5.92 Å². The minimum atomic E-state index is -3.82. The number of benzene rings is 2. The van der Waals surface area contributed by atoms with Gasteiger partial charge in [-0.05, 0) is 55.2 Å². The molecule has 0 bridgehead atoms. The first kappa shape index (κ1) is 21.9. The van der Waals surface area contributed by atoms with Crippen LogP contribution in [0.3, 0.4) is 0 Å². The molecule has 2 aliphatic rings. The Balaban J connectivity index is 1.23. The second kappa shape index (κ2) is 9.11. The standard InChI is InChI=1S/C25H28N4O3S/c30-25(29-16-14-28(15-17-29)18-19-4-1-5-19)21-9-11-22(12-10-21)27-33(31,32)23-8-2-6-20-7-3-13-26-24(20)23/h2-3,6-13,19,27H,1,4-5,14-18H2. The lowest BCUT2D eigenvalue weighted by Crippen LogP contribution is -2.50. The van der Waals surface area contributed by atoms with Crippen LogP contribution in [0.2, 0.25) is 0 Å². The molecule has 2 aromatic carbocycles. The summed E-state index contributed by atoms with van der Waals surface area (Å²) < 4.78 is 28.6. The van der Waals surface area contributed by atoms with Gasteiger partial charge < -0.3 is 4.90 Å². The molecular weight excluding hydrogens is 436 g/mol. The minimum absolute atomic E-state index is 0.00838. The first-order valence-corrected chi connectivity index (χ1v) is 13.0. The maximum absolute atomic E-state index is 13.0. The summed E-state index contributed by atoms with van der Waals surface area (Å²) in [7, 11) is -3.82. The Bertz CT molecular complexity index is 1240. The zero-order valence-electron chi connectivity index (χ0n) is 18.5. The summed E-state index contributed by atoms with van der Waals surface area (Å²) in [6.45, 7) is 4.45. The Morgan fingerprint density at radius 1 is 0.970 bits per heavy atom. The van der Waals surface area contributed by atoms with E-state index in [1.165, 1.54) is 19.3 Å². The molecule has 5 rings (SSSR count). The van der Waals surface area contributed by atoms with Gasteiger partial charge in [0.1, 0.15) is 4.90 Å². The third-order valence-electron chi connectivity index (χ3n) is 6.67. The molecule has 1 aliphatic heterocycles. The molecule has 1 aromatic heterocycles. The van der Waals surface area contributed by atoms with E-state index in [0.717, 1.165) is 44.0 Å². The molecule has 33 heavy (non-hydrogen) atoms. The van der Waals surface area contributed by atoms with Gasteiger partial charge in [-0.1, -0.05) is 24.6 Å². The molecule has 1 amide bonds. The van der Waals surface area contributed by atoms with Gasteiger partial charge in [0.2, 0.25) is 0 Å². The van der Waals surface area contributed by atoms with Crippen LogP contribution in [0.4, 0.5) is 5.69 Å². The molecule has 1 saturated carbocycles. The lowest BCUT2D eigenvalue weighted by molar-refractivity contribution is 0.0591. The van der Waals surface area contributed by atoms with Crippen LogP contribution in [0.5, 0.6) is 0 Å². The molecule has 0 unspecified atom stereocenters. The van der Waals surface area contributed by atoms with Crippen molar-refractivity contribution in [2.75, 3.05) is 37.4 Å². The Labute approximate surface area is 194 Å². The van der Waals surface area contributed by atoms with Gasteiger partial charge in [0.05, 0.1) is 5.52 Å². The smallest absolute Gasteiger partial charge is 0.264 e. The number of anilines is 1. The van der Waals surface area contributed by atoms with Crippen LogP contribution in [-0.2, 0) is 10.0 Å². The molecule has 2 fully saturated rings. The third-order valence-corrected chi connectivity index (χ3v) is 8.08. The predicted molar refractivity (Wildman–Crippen MR) is 129 cm³/mol. The average Bonchev–Trinajstić information content (AvgIpc) is 2.81. The number of rotatable bonds is 6. The van der Waals surface area contributed by atoms with E-state index in [4.69, 9.17) is 0 Å². The first-order chi connectivity index (χ1) is 16.0. The average molecular weight is 465 g/mol. The van der Waals surface area contributed by atoms with Gasteiger partial charge in [0.15, 0.2) is 0 Å².